The molecule has 1 aromatic heterocycles. The van der Waals surface area contributed by atoms with Crippen LogP contribution < -0.4 is 10.6 Å². The van der Waals surface area contributed by atoms with E-state index >= 15 is 0 Å². The van der Waals surface area contributed by atoms with E-state index in [2.05, 4.69) is 24.3 Å². The quantitative estimate of drug-likeness (QED) is 0.447. The van der Waals surface area contributed by atoms with Crippen LogP contribution in [0.1, 0.15) is 45.6 Å². The van der Waals surface area contributed by atoms with E-state index in [1.807, 2.05) is 55.1 Å². The predicted octanol–water partition coefficient (Wildman–Crippen LogP) is 6.72. The Morgan fingerprint density at radius 1 is 1.09 bits per heavy atom. The molecular weight excluding hydrogens is 462 g/mol. The number of carbonyl (C=O) groups excluding carboxylic acids is 1. The lowest BCUT2D eigenvalue weighted by Gasteiger charge is -2.41. The van der Waals surface area contributed by atoms with E-state index in [0.717, 1.165) is 26.6 Å². The summed E-state index contributed by atoms with van der Waals surface area (Å²) in [5, 5.41) is 10.8. The smallest absolute Gasteiger partial charge is 0.162 e. The number of thiophene rings is 1. The van der Waals surface area contributed by atoms with Gasteiger partial charge in [0.1, 0.15) is 5.82 Å². The molecule has 0 fully saturated rings. The molecule has 170 valence electrons. The van der Waals surface area contributed by atoms with E-state index in [0.29, 0.717) is 40.5 Å². The van der Waals surface area contributed by atoms with Crippen LogP contribution in [-0.4, -0.2) is 5.78 Å². The minimum absolute atomic E-state index is 0.0276. The monoisotopic (exact) mass is 485 g/mol. The molecule has 2 aliphatic rings. The maximum atomic E-state index is 13.9. The van der Waals surface area contributed by atoms with Gasteiger partial charge in [0.25, 0.3) is 0 Å². The zero-order chi connectivity index (χ0) is 24.0. The van der Waals surface area contributed by atoms with Crippen LogP contribution in [0, 0.1) is 25.2 Å². The first-order valence-corrected chi connectivity index (χ1v) is 12.4. The highest BCUT2D eigenvalue weighted by molar-refractivity contribution is 7.12. The highest BCUT2D eigenvalue weighted by Crippen LogP contribution is 2.51. The van der Waals surface area contributed by atoms with Crippen molar-refractivity contribution in [2.75, 3.05) is 4.90 Å². The van der Waals surface area contributed by atoms with Crippen LogP contribution in [0.3, 0.4) is 0 Å². The van der Waals surface area contributed by atoms with E-state index < -0.39 is 5.92 Å². The van der Waals surface area contributed by atoms with Gasteiger partial charge in [-0.05, 0) is 55.5 Å². The molecule has 2 aromatic carbocycles. The molecule has 0 radical (unpaired) electrons. The number of nitriles is 1. The van der Waals surface area contributed by atoms with Gasteiger partial charge in [-0.2, -0.15) is 5.26 Å². The number of hydrogen-bond donors (Lipinski definition) is 1. The van der Waals surface area contributed by atoms with Crippen molar-refractivity contribution in [1.82, 2.24) is 0 Å². The molecule has 4 nitrogen and oxygen atoms in total. The third kappa shape index (κ3) is 3.64. The van der Waals surface area contributed by atoms with Gasteiger partial charge in [-0.3, -0.25) is 9.69 Å². The number of carbonyl (C=O) groups is 1. The number of allylic oxidation sites excluding steroid dienone is 3. The van der Waals surface area contributed by atoms with Gasteiger partial charge < -0.3 is 5.73 Å². The van der Waals surface area contributed by atoms with E-state index in [9.17, 15) is 10.1 Å². The number of nitrogens with zero attached hydrogens (tertiary/aromatic N) is 2. The normalized spacial score (nSPS) is 20.4. The molecule has 6 heteroatoms. The van der Waals surface area contributed by atoms with E-state index in [1.165, 1.54) is 0 Å². The first-order chi connectivity index (χ1) is 16.4. The Labute approximate surface area is 208 Å². The van der Waals surface area contributed by atoms with Crippen LogP contribution >= 0.6 is 22.9 Å². The molecule has 2 heterocycles. The predicted molar refractivity (Wildman–Crippen MR) is 138 cm³/mol. The Bertz CT molecular complexity index is 1400. The lowest BCUT2D eigenvalue weighted by atomic mass is 9.72. The van der Waals surface area contributed by atoms with Crippen LogP contribution in [0.2, 0.25) is 5.02 Å². The lowest BCUT2D eigenvalue weighted by molar-refractivity contribution is -0.116. The summed E-state index contributed by atoms with van der Waals surface area (Å²) in [4.78, 5) is 17.9. The van der Waals surface area contributed by atoms with Gasteiger partial charge in [0.05, 0.1) is 28.3 Å². The number of Topliss-reactive ketones (excluding diaryl/α,β-unsaturated/α-hetero) is 1. The van der Waals surface area contributed by atoms with E-state index in [-0.39, 0.29) is 11.7 Å². The number of hydrogen-bond acceptors (Lipinski definition) is 5. The second-order valence-corrected chi connectivity index (χ2v) is 10.7. The first-order valence-electron chi connectivity index (χ1n) is 11.2. The molecule has 3 aromatic rings. The van der Waals surface area contributed by atoms with Gasteiger partial charge in [-0.25, -0.2) is 0 Å². The zero-order valence-corrected chi connectivity index (χ0v) is 20.6. The van der Waals surface area contributed by atoms with Crippen LogP contribution in [0.4, 0.5) is 5.69 Å². The molecule has 0 amide bonds. The summed E-state index contributed by atoms with van der Waals surface area (Å²) in [6, 6.07) is 22.0. The second kappa shape index (κ2) is 8.79. The van der Waals surface area contributed by atoms with Gasteiger partial charge in [-0.1, -0.05) is 54.1 Å². The standard InChI is InChI=1S/C28H24ClN3OS/c1-16-12-20(17(2)34-16)26-21(15-30)28(31)32(23-11-7-6-10-22(23)29)24-13-19(14-25(33)27(24)26)18-8-4-3-5-9-18/h3-12,19,26H,13-14,31H2,1-2H3/t19-,26-/m0/s1. The molecule has 2 atom stereocenters. The number of para-hydroxylation sites is 1. The number of benzene rings is 2. The molecule has 2 N–H and O–H groups in total. The molecule has 0 saturated heterocycles. The Morgan fingerprint density at radius 2 is 1.79 bits per heavy atom. The van der Waals surface area contributed by atoms with Crippen molar-refractivity contribution in [3.63, 3.8) is 0 Å². The topological polar surface area (TPSA) is 70.1 Å². The number of aryl methyl sites for hydroxylation is 2. The third-order valence-electron chi connectivity index (χ3n) is 6.72. The summed E-state index contributed by atoms with van der Waals surface area (Å²) in [5.74, 6) is -0.0440. The van der Waals surface area contributed by atoms with Gasteiger partial charge >= 0.3 is 0 Å². The molecule has 0 bridgehead atoms. The minimum Gasteiger partial charge on any atom is -0.384 e. The van der Waals surface area contributed by atoms with E-state index in [1.54, 1.807) is 17.4 Å². The molecule has 0 unspecified atom stereocenters. The Balaban J connectivity index is 1.76. The largest absolute Gasteiger partial charge is 0.384 e. The van der Waals surface area contributed by atoms with Crippen molar-refractivity contribution >= 4 is 34.4 Å². The molecule has 34 heavy (non-hydrogen) atoms. The van der Waals surface area contributed by atoms with Crippen LogP contribution in [-0.2, 0) is 4.79 Å². The fourth-order valence-electron chi connectivity index (χ4n) is 5.25. The van der Waals surface area contributed by atoms with Crippen LogP contribution in [0.25, 0.3) is 0 Å². The zero-order valence-electron chi connectivity index (χ0n) is 19.0. The maximum absolute atomic E-state index is 13.9. The number of halogens is 1. The summed E-state index contributed by atoms with van der Waals surface area (Å²) in [6.07, 6.45) is 1.03. The van der Waals surface area contributed by atoms with Gasteiger partial charge in [0.15, 0.2) is 5.78 Å². The summed E-state index contributed by atoms with van der Waals surface area (Å²) in [7, 11) is 0. The van der Waals surface area contributed by atoms with Crippen molar-refractivity contribution in [2.45, 2.75) is 38.5 Å². The number of rotatable bonds is 3. The fraction of sp³-hybridized carbons (Fsp3) is 0.214. The minimum atomic E-state index is -0.465. The number of nitrogens with two attached hydrogens (primary N) is 1. The van der Waals surface area contributed by atoms with Crippen molar-refractivity contribution in [3.05, 3.63) is 109 Å². The van der Waals surface area contributed by atoms with Crippen LogP contribution in [0.5, 0.6) is 0 Å². The maximum Gasteiger partial charge on any atom is 0.162 e. The second-order valence-electron chi connectivity index (χ2n) is 8.80. The lowest BCUT2D eigenvalue weighted by Crippen LogP contribution is -2.40. The van der Waals surface area contributed by atoms with Crippen molar-refractivity contribution in [2.24, 2.45) is 5.73 Å². The average Bonchev–Trinajstić information content (AvgIpc) is 3.17. The SMILES string of the molecule is Cc1cc([C@H]2C(C#N)=C(N)N(c3ccccc3Cl)C3=C2C(=O)C[C@@H](c2ccccc2)C3)c(C)s1. The molecule has 5 rings (SSSR count). The summed E-state index contributed by atoms with van der Waals surface area (Å²) in [6.45, 7) is 4.08. The van der Waals surface area contributed by atoms with Gasteiger partial charge in [0.2, 0.25) is 0 Å². The Kier molecular flexibility index (Phi) is 5.81. The molecular formula is C28H24ClN3OS. The first kappa shape index (κ1) is 22.5. The Morgan fingerprint density at radius 3 is 2.44 bits per heavy atom. The van der Waals surface area contributed by atoms with Gasteiger partial charge in [0, 0.05) is 27.4 Å². The van der Waals surface area contributed by atoms with Crippen molar-refractivity contribution in [3.8, 4) is 6.07 Å². The fourth-order valence-corrected chi connectivity index (χ4v) is 6.43. The van der Waals surface area contributed by atoms with Crippen molar-refractivity contribution < 1.29 is 4.79 Å². The molecule has 0 spiro atoms. The Hall–Kier alpha value is -3.33. The summed E-state index contributed by atoms with van der Waals surface area (Å²) in [5.41, 5.74) is 11.4. The highest BCUT2D eigenvalue weighted by Gasteiger charge is 2.43. The average molecular weight is 486 g/mol. The molecule has 1 aliphatic heterocycles. The van der Waals surface area contributed by atoms with Crippen LogP contribution in [0.15, 0.2) is 83.3 Å². The number of anilines is 1. The van der Waals surface area contributed by atoms with Crippen molar-refractivity contribution in [1.29, 1.82) is 5.26 Å². The van der Waals surface area contributed by atoms with E-state index in [4.69, 9.17) is 17.3 Å². The highest BCUT2D eigenvalue weighted by atomic mass is 35.5. The number of ketones is 1. The molecule has 1 aliphatic carbocycles. The summed E-state index contributed by atoms with van der Waals surface area (Å²) >= 11 is 8.28. The summed E-state index contributed by atoms with van der Waals surface area (Å²) < 4.78 is 0. The van der Waals surface area contributed by atoms with Gasteiger partial charge in [-0.15, -0.1) is 11.3 Å². The molecule has 0 saturated carbocycles. The third-order valence-corrected chi connectivity index (χ3v) is 8.02.